The van der Waals surface area contributed by atoms with Crippen molar-refractivity contribution in [3.63, 3.8) is 0 Å². The van der Waals surface area contributed by atoms with Crippen molar-refractivity contribution in [3.8, 4) is 0 Å². The highest BCUT2D eigenvalue weighted by Gasteiger charge is 2.31. The first kappa shape index (κ1) is 16.2. The molecule has 0 saturated carbocycles. The number of imidazole rings is 1. The van der Waals surface area contributed by atoms with Crippen LogP contribution in [0.25, 0.3) is 4.96 Å². The first-order valence-electron chi connectivity index (χ1n) is 6.29. The molecule has 0 bridgehead atoms. The van der Waals surface area contributed by atoms with E-state index in [-0.39, 0.29) is 29.2 Å². The topological polar surface area (TPSA) is 83.8 Å². The molecule has 2 rings (SSSR count). The van der Waals surface area contributed by atoms with E-state index in [1.165, 1.54) is 15.7 Å². The van der Waals surface area contributed by atoms with Gasteiger partial charge in [-0.1, -0.05) is 18.5 Å². The van der Waals surface area contributed by atoms with Crippen LogP contribution in [0.5, 0.6) is 0 Å². The van der Waals surface area contributed by atoms with Crippen molar-refractivity contribution in [2.45, 2.75) is 18.9 Å². The molecular formula is C11H15ClN4O3S2. The van der Waals surface area contributed by atoms with Crippen molar-refractivity contribution in [2.24, 2.45) is 0 Å². The van der Waals surface area contributed by atoms with E-state index in [1.54, 1.807) is 25.4 Å². The molecule has 0 atom stereocenters. The van der Waals surface area contributed by atoms with Gasteiger partial charge in [0.15, 0.2) is 15.1 Å². The maximum atomic E-state index is 12.7. The molecule has 0 spiro atoms. The molecule has 2 heterocycles. The average Bonchev–Trinajstić information content (AvgIpc) is 2.95. The van der Waals surface area contributed by atoms with Gasteiger partial charge in [-0.05, 0) is 6.92 Å². The summed E-state index contributed by atoms with van der Waals surface area (Å²) in [7, 11) is -3.90. The van der Waals surface area contributed by atoms with Crippen molar-refractivity contribution < 1.29 is 13.2 Å². The molecular weight excluding hydrogens is 336 g/mol. The van der Waals surface area contributed by atoms with Gasteiger partial charge in [-0.15, -0.1) is 11.3 Å². The predicted octanol–water partition coefficient (Wildman–Crippen LogP) is 1.20. The number of nitrogens with zero attached hydrogens (tertiary/aromatic N) is 3. The molecule has 21 heavy (non-hydrogen) atoms. The molecule has 0 fully saturated rings. The first-order valence-corrected chi connectivity index (χ1v) is 8.99. The van der Waals surface area contributed by atoms with E-state index in [4.69, 9.17) is 11.6 Å². The summed E-state index contributed by atoms with van der Waals surface area (Å²) in [5.74, 6) is -0.356. The van der Waals surface area contributed by atoms with Gasteiger partial charge in [-0.3, -0.25) is 9.20 Å². The number of aromatic nitrogens is 2. The Balaban J connectivity index is 2.41. The minimum Gasteiger partial charge on any atom is -0.355 e. The molecule has 0 aromatic carbocycles. The molecule has 0 radical (unpaired) electrons. The van der Waals surface area contributed by atoms with Crippen molar-refractivity contribution in [3.05, 3.63) is 16.7 Å². The lowest BCUT2D eigenvalue weighted by Gasteiger charge is -2.19. The van der Waals surface area contributed by atoms with Gasteiger partial charge in [0, 0.05) is 24.7 Å². The van der Waals surface area contributed by atoms with E-state index in [2.05, 4.69) is 10.3 Å². The molecule has 2 aromatic heterocycles. The Morgan fingerprint density at radius 1 is 1.52 bits per heavy atom. The Bertz CT molecular complexity index is 753. The molecule has 0 aliphatic carbocycles. The van der Waals surface area contributed by atoms with E-state index in [1.807, 2.05) is 0 Å². The zero-order valence-corrected chi connectivity index (χ0v) is 13.9. The molecule has 0 aliphatic heterocycles. The molecule has 0 saturated heterocycles. The van der Waals surface area contributed by atoms with Crippen LogP contribution in [-0.2, 0) is 14.8 Å². The SMILES string of the molecule is CCNC(=O)CN(CC)S(=O)(=O)c1c(Cl)nc2sccn12. The van der Waals surface area contributed by atoms with Crippen LogP contribution >= 0.6 is 22.9 Å². The maximum Gasteiger partial charge on any atom is 0.262 e. The summed E-state index contributed by atoms with van der Waals surface area (Å²) >= 11 is 7.25. The number of halogens is 1. The minimum atomic E-state index is -3.90. The Morgan fingerprint density at radius 2 is 2.24 bits per heavy atom. The number of carbonyl (C=O) groups is 1. The number of nitrogens with one attached hydrogen (secondary N) is 1. The zero-order chi connectivity index (χ0) is 15.6. The van der Waals surface area contributed by atoms with Crippen LogP contribution < -0.4 is 5.32 Å². The third-order valence-electron chi connectivity index (χ3n) is 2.81. The summed E-state index contributed by atoms with van der Waals surface area (Å²) in [6.45, 7) is 3.79. The van der Waals surface area contributed by atoms with E-state index >= 15 is 0 Å². The van der Waals surface area contributed by atoms with Crippen molar-refractivity contribution in [1.29, 1.82) is 0 Å². The number of hydrogen-bond donors (Lipinski definition) is 1. The van der Waals surface area contributed by atoms with Crippen molar-refractivity contribution >= 4 is 43.8 Å². The van der Waals surface area contributed by atoms with E-state index in [0.717, 1.165) is 4.31 Å². The van der Waals surface area contributed by atoms with E-state index < -0.39 is 10.0 Å². The Hall–Kier alpha value is -1.16. The smallest absolute Gasteiger partial charge is 0.262 e. The molecule has 7 nitrogen and oxygen atoms in total. The molecule has 10 heteroatoms. The highest BCUT2D eigenvalue weighted by Crippen LogP contribution is 2.27. The van der Waals surface area contributed by atoms with Gasteiger partial charge < -0.3 is 5.32 Å². The molecule has 0 aliphatic rings. The van der Waals surface area contributed by atoms with Gasteiger partial charge >= 0.3 is 0 Å². The standard InChI is InChI=1S/C11H15ClN4O3S2/c1-3-13-8(17)7-15(4-2)21(18,19)10-9(12)14-11-16(10)5-6-20-11/h5-6H,3-4,7H2,1-2H3,(H,13,17). The maximum absolute atomic E-state index is 12.7. The van der Waals surface area contributed by atoms with Crippen LogP contribution in [0.4, 0.5) is 0 Å². The molecule has 1 amide bonds. The number of likely N-dealkylation sites (N-methyl/N-ethyl adjacent to an activating group) is 2. The number of thiazole rings is 1. The average molecular weight is 351 g/mol. The highest BCUT2D eigenvalue weighted by molar-refractivity contribution is 7.89. The first-order chi connectivity index (χ1) is 9.91. The Morgan fingerprint density at radius 3 is 2.86 bits per heavy atom. The minimum absolute atomic E-state index is 0.0869. The second kappa shape index (κ2) is 6.30. The van der Waals surface area contributed by atoms with Crippen LogP contribution in [0.1, 0.15) is 13.8 Å². The van der Waals surface area contributed by atoms with Gasteiger partial charge in [0.05, 0.1) is 6.54 Å². The quantitative estimate of drug-likeness (QED) is 0.848. The van der Waals surface area contributed by atoms with Crippen LogP contribution in [0.15, 0.2) is 16.6 Å². The number of carbonyl (C=O) groups excluding carboxylic acids is 1. The lowest BCUT2D eigenvalue weighted by atomic mass is 10.5. The Labute approximate surface area is 131 Å². The number of hydrogen-bond acceptors (Lipinski definition) is 5. The third-order valence-corrected chi connectivity index (χ3v) is 5.89. The van der Waals surface area contributed by atoms with Crippen molar-refractivity contribution in [1.82, 2.24) is 19.0 Å². The largest absolute Gasteiger partial charge is 0.355 e. The summed E-state index contributed by atoms with van der Waals surface area (Å²) in [6, 6.07) is 0. The lowest BCUT2D eigenvalue weighted by molar-refractivity contribution is -0.121. The number of rotatable bonds is 6. The van der Waals surface area contributed by atoms with Crippen molar-refractivity contribution in [2.75, 3.05) is 19.6 Å². The van der Waals surface area contributed by atoms with Gasteiger partial charge in [-0.25, -0.2) is 13.4 Å². The highest BCUT2D eigenvalue weighted by atomic mass is 35.5. The fourth-order valence-corrected chi connectivity index (χ4v) is 4.68. The zero-order valence-electron chi connectivity index (χ0n) is 11.5. The molecule has 2 aromatic rings. The third kappa shape index (κ3) is 3.05. The van der Waals surface area contributed by atoms with Gasteiger partial charge in [0.2, 0.25) is 5.91 Å². The second-order valence-corrected chi connectivity index (χ2v) is 7.23. The van der Waals surface area contributed by atoms with Crippen LogP contribution in [0.2, 0.25) is 5.15 Å². The number of fused-ring (bicyclic) bond motifs is 1. The van der Waals surface area contributed by atoms with E-state index in [0.29, 0.717) is 11.5 Å². The summed E-state index contributed by atoms with van der Waals surface area (Å²) in [6.07, 6.45) is 1.59. The fraction of sp³-hybridized carbons (Fsp3) is 0.455. The van der Waals surface area contributed by atoms with Crippen LogP contribution in [-0.4, -0.2) is 47.6 Å². The fourth-order valence-electron chi connectivity index (χ4n) is 1.87. The molecule has 1 N–H and O–H groups in total. The summed E-state index contributed by atoms with van der Waals surface area (Å²) in [5.41, 5.74) is 0. The number of amides is 1. The van der Waals surface area contributed by atoms with Crippen LogP contribution in [0, 0.1) is 0 Å². The van der Waals surface area contributed by atoms with Gasteiger partial charge in [0.1, 0.15) is 0 Å². The summed E-state index contributed by atoms with van der Waals surface area (Å²) in [5, 5.41) is 4.10. The lowest BCUT2D eigenvalue weighted by Crippen LogP contribution is -2.40. The molecule has 0 unspecified atom stereocenters. The summed E-state index contributed by atoms with van der Waals surface area (Å²) in [4.78, 5) is 16.2. The number of sulfonamides is 1. The van der Waals surface area contributed by atoms with Crippen LogP contribution in [0.3, 0.4) is 0 Å². The summed E-state index contributed by atoms with van der Waals surface area (Å²) < 4.78 is 27.9. The molecule has 116 valence electrons. The second-order valence-electron chi connectivity index (χ2n) is 4.15. The normalized spacial score (nSPS) is 12.2. The Kier molecular flexibility index (Phi) is 4.87. The van der Waals surface area contributed by atoms with Gasteiger partial charge in [0.25, 0.3) is 10.0 Å². The van der Waals surface area contributed by atoms with E-state index in [9.17, 15) is 13.2 Å². The predicted molar refractivity (Wildman–Crippen MR) is 81.2 cm³/mol. The monoisotopic (exact) mass is 350 g/mol. The van der Waals surface area contributed by atoms with Gasteiger partial charge in [-0.2, -0.15) is 4.31 Å².